The van der Waals surface area contributed by atoms with Crippen LogP contribution < -0.4 is 4.74 Å². The van der Waals surface area contributed by atoms with Crippen molar-refractivity contribution in [2.24, 2.45) is 10.2 Å². The average molecular weight is 299 g/mol. The first-order valence-corrected chi connectivity index (χ1v) is 6.74. The fourth-order valence-electron chi connectivity index (χ4n) is 2.12. The van der Waals surface area contributed by atoms with Gasteiger partial charge in [0, 0.05) is 12.1 Å². The van der Waals surface area contributed by atoms with Crippen molar-refractivity contribution in [3.8, 4) is 5.75 Å². The molecule has 0 heterocycles. The summed E-state index contributed by atoms with van der Waals surface area (Å²) < 4.78 is 5.26. The second-order valence-corrected chi connectivity index (χ2v) is 5.06. The van der Waals surface area contributed by atoms with E-state index < -0.39 is 4.92 Å². The molecule has 0 aliphatic heterocycles. The molecule has 0 atom stereocenters. The molecule has 0 saturated carbocycles. The highest BCUT2D eigenvalue weighted by Crippen LogP contribution is 2.32. The Kier molecular flexibility index (Phi) is 4.50. The first-order valence-electron chi connectivity index (χ1n) is 6.74. The zero-order valence-electron chi connectivity index (χ0n) is 13.0. The van der Waals surface area contributed by atoms with E-state index in [2.05, 4.69) is 10.2 Å². The van der Waals surface area contributed by atoms with Crippen LogP contribution in [0, 0.1) is 30.9 Å². The van der Waals surface area contributed by atoms with Gasteiger partial charge in [-0.15, -0.1) is 10.2 Å². The lowest BCUT2D eigenvalue weighted by atomic mass is 10.1. The van der Waals surface area contributed by atoms with Gasteiger partial charge >= 0.3 is 0 Å². The van der Waals surface area contributed by atoms with Crippen LogP contribution in [0.25, 0.3) is 0 Å². The molecular weight excluding hydrogens is 282 g/mol. The van der Waals surface area contributed by atoms with E-state index in [4.69, 9.17) is 4.74 Å². The van der Waals surface area contributed by atoms with Gasteiger partial charge in [-0.25, -0.2) is 0 Å². The molecule has 0 spiro atoms. The molecule has 0 unspecified atom stereocenters. The third-order valence-electron chi connectivity index (χ3n) is 3.31. The molecule has 0 radical (unpaired) electrons. The highest BCUT2D eigenvalue weighted by Gasteiger charge is 2.13. The van der Waals surface area contributed by atoms with E-state index in [9.17, 15) is 10.1 Å². The van der Waals surface area contributed by atoms with Crippen LogP contribution in [0.4, 0.5) is 17.1 Å². The first kappa shape index (κ1) is 15.6. The molecule has 0 amide bonds. The van der Waals surface area contributed by atoms with Crippen LogP contribution in [0.2, 0.25) is 0 Å². The minimum absolute atomic E-state index is 0.0551. The van der Waals surface area contributed by atoms with E-state index in [-0.39, 0.29) is 11.4 Å². The zero-order valence-corrected chi connectivity index (χ0v) is 13.0. The van der Waals surface area contributed by atoms with Gasteiger partial charge in [0.25, 0.3) is 5.69 Å². The van der Waals surface area contributed by atoms with Gasteiger partial charge < -0.3 is 4.74 Å². The molecular formula is C16H17N3O3. The van der Waals surface area contributed by atoms with Crippen molar-refractivity contribution in [3.05, 3.63) is 57.1 Å². The van der Waals surface area contributed by atoms with Crippen LogP contribution in [0.15, 0.2) is 40.6 Å². The van der Waals surface area contributed by atoms with Gasteiger partial charge in [0.1, 0.15) is 5.75 Å². The van der Waals surface area contributed by atoms with Crippen molar-refractivity contribution in [2.45, 2.75) is 20.8 Å². The number of aryl methyl sites for hydroxylation is 3. The topological polar surface area (TPSA) is 77.1 Å². The molecule has 2 aromatic carbocycles. The van der Waals surface area contributed by atoms with E-state index in [1.807, 2.05) is 19.9 Å². The third-order valence-corrected chi connectivity index (χ3v) is 3.31. The Morgan fingerprint density at radius 2 is 1.68 bits per heavy atom. The van der Waals surface area contributed by atoms with Gasteiger partial charge in [-0.05, 0) is 43.5 Å². The van der Waals surface area contributed by atoms with E-state index in [0.29, 0.717) is 11.4 Å². The van der Waals surface area contributed by atoms with E-state index in [1.165, 1.54) is 6.07 Å². The molecule has 6 heteroatoms. The number of nitro groups is 1. The van der Waals surface area contributed by atoms with Crippen molar-refractivity contribution in [1.82, 2.24) is 0 Å². The molecule has 0 aliphatic rings. The third kappa shape index (κ3) is 3.28. The Morgan fingerprint density at radius 3 is 2.32 bits per heavy atom. The summed E-state index contributed by atoms with van der Waals surface area (Å²) in [5, 5.41) is 19.3. The maximum atomic E-state index is 11.1. The predicted octanol–water partition coefficient (Wildman–Crippen LogP) is 4.94. The summed E-state index contributed by atoms with van der Waals surface area (Å²) >= 11 is 0. The molecule has 114 valence electrons. The first-order chi connectivity index (χ1) is 10.4. The van der Waals surface area contributed by atoms with Gasteiger partial charge in [-0.1, -0.05) is 12.1 Å². The lowest BCUT2D eigenvalue weighted by Crippen LogP contribution is -1.89. The highest BCUT2D eigenvalue weighted by atomic mass is 16.6. The second kappa shape index (κ2) is 6.34. The maximum Gasteiger partial charge on any atom is 0.296 e. The quantitative estimate of drug-likeness (QED) is 0.455. The minimum atomic E-state index is -0.454. The fraction of sp³-hybridized carbons (Fsp3) is 0.250. The van der Waals surface area contributed by atoms with E-state index in [1.54, 1.807) is 32.2 Å². The van der Waals surface area contributed by atoms with Crippen molar-refractivity contribution in [3.63, 3.8) is 0 Å². The molecule has 22 heavy (non-hydrogen) atoms. The van der Waals surface area contributed by atoms with E-state index in [0.717, 1.165) is 16.7 Å². The maximum absolute atomic E-state index is 11.1. The van der Waals surface area contributed by atoms with E-state index >= 15 is 0 Å². The van der Waals surface area contributed by atoms with Crippen molar-refractivity contribution in [2.75, 3.05) is 7.11 Å². The summed E-state index contributed by atoms with van der Waals surface area (Å²) in [6.07, 6.45) is 0. The number of azo groups is 1. The SMILES string of the molecule is COc1cc(N=Nc2ccc(C)cc2[N+](=O)[O-])c(C)cc1C. The zero-order chi connectivity index (χ0) is 16.3. The standard InChI is InChI=1S/C16H17N3O3/c1-10-5-6-13(15(7-10)19(20)21)17-18-14-9-16(22-4)12(3)8-11(14)2/h5-9H,1-4H3. The Balaban J connectivity index is 2.43. The summed E-state index contributed by atoms with van der Waals surface area (Å²) in [4.78, 5) is 10.6. The van der Waals surface area contributed by atoms with Crippen LogP contribution in [-0.2, 0) is 0 Å². The number of hydrogen-bond donors (Lipinski definition) is 0. The number of hydrogen-bond acceptors (Lipinski definition) is 5. The van der Waals surface area contributed by atoms with Crippen LogP contribution in [0.1, 0.15) is 16.7 Å². The molecule has 0 bridgehead atoms. The van der Waals surface area contributed by atoms with Crippen LogP contribution >= 0.6 is 0 Å². The molecule has 6 nitrogen and oxygen atoms in total. The van der Waals surface area contributed by atoms with Gasteiger partial charge in [-0.2, -0.15) is 0 Å². The molecule has 0 aromatic heterocycles. The van der Waals surface area contributed by atoms with Crippen LogP contribution in [-0.4, -0.2) is 12.0 Å². The summed E-state index contributed by atoms with van der Waals surface area (Å²) in [6.45, 7) is 5.64. The van der Waals surface area contributed by atoms with Gasteiger partial charge in [0.05, 0.1) is 17.7 Å². The molecule has 0 fully saturated rings. The minimum Gasteiger partial charge on any atom is -0.496 e. The van der Waals surface area contributed by atoms with Gasteiger partial charge in [0.15, 0.2) is 5.69 Å². The number of rotatable bonds is 4. The predicted molar refractivity (Wildman–Crippen MR) is 84.5 cm³/mol. The average Bonchev–Trinajstić information content (AvgIpc) is 2.47. The molecule has 2 aromatic rings. The fourth-order valence-corrected chi connectivity index (χ4v) is 2.12. The van der Waals surface area contributed by atoms with Gasteiger partial charge in [-0.3, -0.25) is 10.1 Å². The number of ether oxygens (including phenoxy) is 1. The second-order valence-electron chi connectivity index (χ2n) is 5.06. The van der Waals surface area contributed by atoms with Crippen LogP contribution in [0.3, 0.4) is 0 Å². The monoisotopic (exact) mass is 299 g/mol. The molecule has 0 N–H and O–H groups in total. The lowest BCUT2D eigenvalue weighted by Gasteiger charge is -2.07. The molecule has 2 rings (SSSR count). The largest absolute Gasteiger partial charge is 0.496 e. The number of nitrogens with zero attached hydrogens (tertiary/aromatic N) is 3. The number of nitro benzene ring substituents is 1. The highest BCUT2D eigenvalue weighted by molar-refractivity contribution is 5.59. The Hall–Kier alpha value is -2.76. The molecule has 0 aliphatic carbocycles. The Labute approximate surface area is 128 Å². The van der Waals surface area contributed by atoms with Crippen molar-refractivity contribution in [1.29, 1.82) is 0 Å². The summed E-state index contributed by atoms with van der Waals surface area (Å²) in [7, 11) is 1.59. The van der Waals surface area contributed by atoms with Crippen molar-refractivity contribution < 1.29 is 9.66 Å². The molecule has 0 saturated heterocycles. The normalized spacial score (nSPS) is 10.9. The van der Waals surface area contributed by atoms with Crippen molar-refractivity contribution >= 4 is 17.1 Å². The van der Waals surface area contributed by atoms with Crippen LogP contribution in [0.5, 0.6) is 5.75 Å². The summed E-state index contributed by atoms with van der Waals surface area (Å²) in [5.41, 5.74) is 3.53. The summed E-state index contributed by atoms with van der Waals surface area (Å²) in [5.74, 6) is 0.706. The Morgan fingerprint density at radius 1 is 1.00 bits per heavy atom. The van der Waals surface area contributed by atoms with Gasteiger partial charge in [0.2, 0.25) is 0 Å². The number of benzene rings is 2. The number of methoxy groups -OCH3 is 1. The smallest absolute Gasteiger partial charge is 0.296 e. The lowest BCUT2D eigenvalue weighted by molar-refractivity contribution is -0.384. The summed E-state index contributed by atoms with van der Waals surface area (Å²) in [6, 6.07) is 8.56. The Bertz CT molecular complexity index is 755.